The summed E-state index contributed by atoms with van der Waals surface area (Å²) in [5, 5.41) is 0. The summed E-state index contributed by atoms with van der Waals surface area (Å²) < 4.78 is 0. The van der Waals surface area contributed by atoms with E-state index in [0.29, 0.717) is 19.5 Å². The lowest BCUT2D eigenvalue weighted by molar-refractivity contribution is -0.139. The van der Waals surface area contributed by atoms with Crippen LogP contribution in [0.5, 0.6) is 0 Å². The zero-order chi connectivity index (χ0) is 9.84. The van der Waals surface area contributed by atoms with E-state index in [0.717, 1.165) is 12.8 Å². The van der Waals surface area contributed by atoms with Crippen molar-refractivity contribution in [1.82, 2.24) is 4.90 Å². The first-order valence-electron chi connectivity index (χ1n) is 4.71. The summed E-state index contributed by atoms with van der Waals surface area (Å²) in [5.41, 5.74) is 5.32. The molecule has 0 aromatic rings. The molecule has 1 aliphatic heterocycles. The molecule has 4 nitrogen and oxygen atoms in total. The minimum absolute atomic E-state index is 0.0259. The average Bonchev–Trinajstić information content (AvgIpc) is 2.32. The summed E-state index contributed by atoms with van der Waals surface area (Å²) >= 11 is 0. The Hall–Kier alpha value is -0.900. The second kappa shape index (κ2) is 4.37. The van der Waals surface area contributed by atoms with Gasteiger partial charge in [-0.3, -0.25) is 14.5 Å². The number of rotatable bonds is 4. The van der Waals surface area contributed by atoms with E-state index in [4.69, 9.17) is 5.73 Å². The molecule has 1 fully saturated rings. The molecule has 74 valence electrons. The van der Waals surface area contributed by atoms with Gasteiger partial charge in [0.05, 0.1) is 0 Å². The highest BCUT2D eigenvalue weighted by Gasteiger charge is 2.34. The lowest BCUT2D eigenvalue weighted by Crippen LogP contribution is -2.31. The summed E-state index contributed by atoms with van der Waals surface area (Å²) in [6.07, 6.45) is 2.06. The lowest BCUT2D eigenvalue weighted by atomic mass is 10.1. The van der Waals surface area contributed by atoms with Gasteiger partial charge in [-0.05, 0) is 19.4 Å². The Morgan fingerprint density at radius 2 is 2.15 bits per heavy atom. The number of amides is 2. The topological polar surface area (TPSA) is 63.4 Å². The zero-order valence-corrected chi connectivity index (χ0v) is 7.95. The third kappa shape index (κ3) is 2.28. The van der Waals surface area contributed by atoms with Crippen molar-refractivity contribution in [3.8, 4) is 0 Å². The third-order valence-electron chi connectivity index (χ3n) is 2.31. The predicted octanol–water partition coefficient (Wildman–Crippen LogP) is 0.120. The van der Waals surface area contributed by atoms with Crippen LogP contribution in [0.3, 0.4) is 0 Å². The molecule has 1 rings (SSSR count). The van der Waals surface area contributed by atoms with E-state index in [2.05, 4.69) is 0 Å². The highest BCUT2D eigenvalue weighted by atomic mass is 16.2. The summed E-state index contributed by atoms with van der Waals surface area (Å²) in [6.45, 7) is 2.95. The van der Waals surface area contributed by atoms with Crippen molar-refractivity contribution in [3.05, 3.63) is 0 Å². The molecule has 13 heavy (non-hydrogen) atoms. The molecule has 2 amide bonds. The van der Waals surface area contributed by atoms with Gasteiger partial charge in [0.2, 0.25) is 11.8 Å². The van der Waals surface area contributed by atoms with Gasteiger partial charge in [0, 0.05) is 18.9 Å². The van der Waals surface area contributed by atoms with E-state index < -0.39 is 0 Å². The highest BCUT2D eigenvalue weighted by Crippen LogP contribution is 2.18. The summed E-state index contributed by atoms with van der Waals surface area (Å²) in [5.74, 6) is -0.179. The van der Waals surface area contributed by atoms with Crippen LogP contribution in [-0.2, 0) is 9.59 Å². The Balaban J connectivity index is 2.40. The largest absolute Gasteiger partial charge is 0.330 e. The molecule has 1 aliphatic rings. The van der Waals surface area contributed by atoms with Gasteiger partial charge in [-0.15, -0.1) is 0 Å². The second-order valence-corrected chi connectivity index (χ2v) is 3.48. The maximum Gasteiger partial charge on any atom is 0.232 e. The van der Waals surface area contributed by atoms with Gasteiger partial charge in [-0.2, -0.15) is 0 Å². The van der Waals surface area contributed by atoms with Crippen LogP contribution in [0.4, 0.5) is 0 Å². The molecule has 1 heterocycles. The van der Waals surface area contributed by atoms with Gasteiger partial charge in [-0.25, -0.2) is 0 Å². The first kappa shape index (κ1) is 10.2. The number of nitrogens with two attached hydrogens (primary N) is 1. The predicted molar refractivity (Wildman–Crippen MR) is 48.8 cm³/mol. The molecule has 4 heteroatoms. The van der Waals surface area contributed by atoms with Crippen LogP contribution in [0.1, 0.15) is 26.2 Å². The van der Waals surface area contributed by atoms with E-state index in [1.165, 1.54) is 4.90 Å². The van der Waals surface area contributed by atoms with E-state index in [1.54, 1.807) is 6.92 Å². The number of likely N-dealkylation sites (tertiary alicyclic amines) is 1. The van der Waals surface area contributed by atoms with Crippen molar-refractivity contribution in [1.29, 1.82) is 0 Å². The standard InChI is InChI=1S/C9H16N2O2/c1-7-6-8(12)11(9(7)13)5-3-2-4-10/h7H,2-6,10H2,1H3. The molecule has 0 aromatic heterocycles. The molecule has 0 spiro atoms. The van der Waals surface area contributed by atoms with Crippen LogP contribution >= 0.6 is 0 Å². The fraction of sp³-hybridized carbons (Fsp3) is 0.778. The molecule has 0 radical (unpaired) electrons. The maximum atomic E-state index is 11.4. The first-order valence-corrected chi connectivity index (χ1v) is 4.71. The minimum atomic E-state index is -0.120. The molecule has 1 unspecified atom stereocenters. The van der Waals surface area contributed by atoms with Crippen LogP contribution in [0.25, 0.3) is 0 Å². The maximum absolute atomic E-state index is 11.4. The fourth-order valence-corrected chi connectivity index (χ4v) is 1.50. The number of unbranched alkanes of at least 4 members (excludes halogenated alkanes) is 1. The summed E-state index contributed by atoms with van der Waals surface area (Å²) in [7, 11) is 0. The highest BCUT2D eigenvalue weighted by molar-refractivity contribution is 6.03. The summed E-state index contributed by atoms with van der Waals surface area (Å²) in [4.78, 5) is 24.0. The van der Waals surface area contributed by atoms with Crippen LogP contribution < -0.4 is 5.73 Å². The van der Waals surface area contributed by atoms with E-state index in [1.807, 2.05) is 0 Å². The fourth-order valence-electron chi connectivity index (χ4n) is 1.50. The molecule has 1 atom stereocenters. The van der Waals surface area contributed by atoms with E-state index in [9.17, 15) is 9.59 Å². The SMILES string of the molecule is CC1CC(=O)N(CCCCN)C1=O. The Bertz CT molecular complexity index is 216. The molecule has 0 saturated carbocycles. The number of imide groups is 1. The number of hydrogen-bond donors (Lipinski definition) is 1. The lowest BCUT2D eigenvalue weighted by Gasteiger charge is -2.13. The van der Waals surface area contributed by atoms with Gasteiger partial charge in [-0.1, -0.05) is 6.92 Å². The minimum Gasteiger partial charge on any atom is -0.330 e. The van der Waals surface area contributed by atoms with Crippen LogP contribution in [0, 0.1) is 5.92 Å². The smallest absolute Gasteiger partial charge is 0.232 e. The van der Waals surface area contributed by atoms with Crippen molar-refractivity contribution in [3.63, 3.8) is 0 Å². The zero-order valence-electron chi connectivity index (χ0n) is 7.95. The van der Waals surface area contributed by atoms with E-state index >= 15 is 0 Å². The monoisotopic (exact) mass is 184 g/mol. The molecule has 0 aromatic carbocycles. The van der Waals surface area contributed by atoms with Crippen molar-refractivity contribution in [2.24, 2.45) is 11.7 Å². The number of carbonyl (C=O) groups excluding carboxylic acids is 2. The van der Waals surface area contributed by atoms with Crippen LogP contribution in [0.15, 0.2) is 0 Å². The van der Waals surface area contributed by atoms with Gasteiger partial charge in [0.1, 0.15) is 0 Å². The average molecular weight is 184 g/mol. The van der Waals surface area contributed by atoms with Crippen molar-refractivity contribution in [2.45, 2.75) is 26.2 Å². The van der Waals surface area contributed by atoms with Crippen LogP contribution in [0.2, 0.25) is 0 Å². The van der Waals surface area contributed by atoms with Gasteiger partial charge < -0.3 is 5.73 Å². The van der Waals surface area contributed by atoms with Crippen LogP contribution in [-0.4, -0.2) is 29.8 Å². The molecule has 0 aliphatic carbocycles. The third-order valence-corrected chi connectivity index (χ3v) is 2.31. The molecular weight excluding hydrogens is 168 g/mol. The van der Waals surface area contributed by atoms with Crippen molar-refractivity contribution >= 4 is 11.8 Å². The Labute approximate surface area is 78.1 Å². The number of nitrogens with zero attached hydrogens (tertiary/aromatic N) is 1. The van der Waals surface area contributed by atoms with Gasteiger partial charge in [0.25, 0.3) is 0 Å². The van der Waals surface area contributed by atoms with E-state index in [-0.39, 0.29) is 17.7 Å². The quantitative estimate of drug-likeness (QED) is 0.498. The molecule has 1 saturated heterocycles. The van der Waals surface area contributed by atoms with Gasteiger partial charge >= 0.3 is 0 Å². The normalized spacial score (nSPS) is 22.9. The first-order chi connectivity index (χ1) is 6.16. The number of hydrogen-bond acceptors (Lipinski definition) is 3. The summed E-state index contributed by atoms with van der Waals surface area (Å²) in [6, 6.07) is 0. The molecular formula is C9H16N2O2. The molecule has 2 N–H and O–H groups in total. The number of carbonyl (C=O) groups is 2. The Morgan fingerprint density at radius 1 is 1.46 bits per heavy atom. The van der Waals surface area contributed by atoms with Crippen molar-refractivity contribution in [2.75, 3.05) is 13.1 Å². The van der Waals surface area contributed by atoms with Crippen molar-refractivity contribution < 1.29 is 9.59 Å². The second-order valence-electron chi connectivity index (χ2n) is 3.48. The van der Waals surface area contributed by atoms with Gasteiger partial charge in [0.15, 0.2) is 0 Å². The molecule has 0 bridgehead atoms. The Morgan fingerprint density at radius 3 is 2.62 bits per heavy atom. The Kier molecular flexibility index (Phi) is 3.42.